The Morgan fingerprint density at radius 2 is 1.88 bits per heavy atom. The summed E-state index contributed by atoms with van der Waals surface area (Å²) >= 11 is 0. The second kappa shape index (κ2) is 7.07. The van der Waals surface area contributed by atoms with Crippen molar-refractivity contribution >= 4 is 5.97 Å². The molecule has 1 aromatic rings. The first-order valence-electron chi connectivity index (χ1n) is 6.10. The van der Waals surface area contributed by atoms with Crippen molar-refractivity contribution in [3.8, 4) is 0 Å². The van der Waals surface area contributed by atoms with E-state index in [1.165, 1.54) is 5.56 Å². The predicted molar refractivity (Wildman–Crippen MR) is 66.8 cm³/mol. The van der Waals surface area contributed by atoms with E-state index in [1.807, 2.05) is 37.3 Å². The van der Waals surface area contributed by atoms with Gasteiger partial charge in [0.2, 0.25) is 0 Å². The van der Waals surface area contributed by atoms with E-state index in [4.69, 9.17) is 5.11 Å². The number of carboxylic acids is 1. The van der Waals surface area contributed by atoms with Crippen molar-refractivity contribution in [3.05, 3.63) is 35.9 Å². The van der Waals surface area contributed by atoms with Crippen molar-refractivity contribution < 1.29 is 15.0 Å². The lowest BCUT2D eigenvalue weighted by Crippen LogP contribution is -2.29. The number of rotatable bonds is 7. The van der Waals surface area contributed by atoms with E-state index in [0.717, 1.165) is 19.3 Å². The zero-order valence-corrected chi connectivity index (χ0v) is 10.2. The average Bonchev–Trinajstić information content (AvgIpc) is 2.34. The van der Waals surface area contributed by atoms with Gasteiger partial charge in [-0.25, -0.2) is 4.79 Å². The Bertz CT molecular complexity index is 335. The molecule has 3 nitrogen and oxygen atoms in total. The standard InChI is InChI=1S/C14H20O3/c1-2-6-12(13(15)14(16)17)10-9-11-7-4-3-5-8-11/h3-5,7-8,12-13,15H,2,6,9-10H2,1H3,(H,16,17)/t12?,13-/m1/s1. The summed E-state index contributed by atoms with van der Waals surface area (Å²) in [6, 6.07) is 9.95. The minimum atomic E-state index is -1.24. The molecule has 3 heteroatoms. The van der Waals surface area contributed by atoms with Crippen LogP contribution in [0.1, 0.15) is 31.7 Å². The number of carboxylic acid groups (broad SMARTS) is 1. The number of aliphatic hydroxyl groups excluding tert-OH is 1. The van der Waals surface area contributed by atoms with Crippen LogP contribution >= 0.6 is 0 Å². The molecule has 94 valence electrons. The van der Waals surface area contributed by atoms with Crippen molar-refractivity contribution in [2.24, 2.45) is 5.92 Å². The highest BCUT2D eigenvalue weighted by molar-refractivity contribution is 5.72. The topological polar surface area (TPSA) is 57.5 Å². The molecule has 1 rings (SSSR count). The van der Waals surface area contributed by atoms with Gasteiger partial charge in [-0.15, -0.1) is 0 Å². The number of benzene rings is 1. The smallest absolute Gasteiger partial charge is 0.332 e. The van der Waals surface area contributed by atoms with Crippen LogP contribution < -0.4 is 0 Å². The molecule has 0 spiro atoms. The quantitative estimate of drug-likeness (QED) is 0.764. The number of aryl methyl sites for hydroxylation is 1. The molecule has 0 saturated carbocycles. The third-order valence-electron chi connectivity index (χ3n) is 3.01. The largest absolute Gasteiger partial charge is 0.479 e. The Kier molecular flexibility index (Phi) is 5.70. The van der Waals surface area contributed by atoms with Gasteiger partial charge >= 0.3 is 5.97 Å². The number of aliphatic carboxylic acids is 1. The fourth-order valence-electron chi connectivity index (χ4n) is 2.03. The molecule has 0 aliphatic carbocycles. The number of hydrogen-bond acceptors (Lipinski definition) is 2. The second-order valence-electron chi connectivity index (χ2n) is 4.36. The van der Waals surface area contributed by atoms with Crippen LogP contribution in [0.15, 0.2) is 30.3 Å². The Morgan fingerprint density at radius 1 is 1.24 bits per heavy atom. The molecule has 1 unspecified atom stereocenters. The maximum Gasteiger partial charge on any atom is 0.332 e. The summed E-state index contributed by atoms with van der Waals surface area (Å²) in [5.74, 6) is -1.27. The molecule has 0 heterocycles. The summed E-state index contributed by atoms with van der Waals surface area (Å²) in [5.41, 5.74) is 1.19. The van der Waals surface area contributed by atoms with E-state index in [9.17, 15) is 9.90 Å². The molecular weight excluding hydrogens is 216 g/mol. The number of carbonyl (C=O) groups is 1. The molecule has 0 aliphatic heterocycles. The summed E-state index contributed by atoms with van der Waals surface area (Å²) in [4.78, 5) is 10.8. The van der Waals surface area contributed by atoms with Crippen molar-refractivity contribution in [1.29, 1.82) is 0 Å². The molecule has 0 bridgehead atoms. The van der Waals surface area contributed by atoms with Gasteiger partial charge in [0.05, 0.1) is 0 Å². The van der Waals surface area contributed by atoms with Crippen LogP contribution in [0.5, 0.6) is 0 Å². The second-order valence-corrected chi connectivity index (χ2v) is 4.36. The SMILES string of the molecule is CCCC(CCc1ccccc1)[C@@H](O)C(=O)O. The Morgan fingerprint density at radius 3 is 2.41 bits per heavy atom. The van der Waals surface area contributed by atoms with Gasteiger partial charge in [0, 0.05) is 0 Å². The van der Waals surface area contributed by atoms with Crippen LogP contribution in [-0.4, -0.2) is 22.3 Å². The third-order valence-corrected chi connectivity index (χ3v) is 3.01. The molecule has 0 aromatic heterocycles. The van der Waals surface area contributed by atoms with Crippen molar-refractivity contribution in [3.63, 3.8) is 0 Å². The van der Waals surface area contributed by atoms with E-state index >= 15 is 0 Å². The summed E-state index contributed by atoms with van der Waals surface area (Å²) in [5, 5.41) is 18.4. The number of aliphatic hydroxyl groups is 1. The van der Waals surface area contributed by atoms with Crippen LogP contribution in [-0.2, 0) is 11.2 Å². The molecule has 17 heavy (non-hydrogen) atoms. The fraction of sp³-hybridized carbons (Fsp3) is 0.500. The van der Waals surface area contributed by atoms with Crippen LogP contribution in [0.2, 0.25) is 0 Å². The minimum Gasteiger partial charge on any atom is -0.479 e. The molecule has 2 N–H and O–H groups in total. The van der Waals surface area contributed by atoms with Crippen molar-refractivity contribution in [1.82, 2.24) is 0 Å². The lowest BCUT2D eigenvalue weighted by atomic mass is 9.90. The fourth-order valence-corrected chi connectivity index (χ4v) is 2.03. The van der Waals surface area contributed by atoms with Gasteiger partial charge in [0.25, 0.3) is 0 Å². The zero-order valence-electron chi connectivity index (χ0n) is 10.2. The predicted octanol–water partition coefficient (Wildman–Crippen LogP) is 2.48. The van der Waals surface area contributed by atoms with Crippen molar-refractivity contribution in [2.45, 2.75) is 38.7 Å². The monoisotopic (exact) mass is 236 g/mol. The lowest BCUT2D eigenvalue weighted by Gasteiger charge is -2.19. The van der Waals surface area contributed by atoms with Crippen LogP contribution in [0.25, 0.3) is 0 Å². The van der Waals surface area contributed by atoms with Gasteiger partial charge in [-0.05, 0) is 30.7 Å². The lowest BCUT2D eigenvalue weighted by molar-refractivity contribution is -0.149. The highest BCUT2D eigenvalue weighted by Gasteiger charge is 2.24. The van der Waals surface area contributed by atoms with Gasteiger partial charge in [-0.3, -0.25) is 0 Å². The molecule has 0 saturated heterocycles. The van der Waals surface area contributed by atoms with Gasteiger partial charge < -0.3 is 10.2 Å². The van der Waals surface area contributed by atoms with E-state index < -0.39 is 12.1 Å². The minimum absolute atomic E-state index is 0.155. The van der Waals surface area contributed by atoms with Crippen LogP contribution in [0.3, 0.4) is 0 Å². The highest BCUT2D eigenvalue weighted by Crippen LogP contribution is 2.19. The van der Waals surface area contributed by atoms with Crippen molar-refractivity contribution in [2.75, 3.05) is 0 Å². The van der Waals surface area contributed by atoms with E-state index in [2.05, 4.69) is 0 Å². The highest BCUT2D eigenvalue weighted by atomic mass is 16.4. The van der Waals surface area contributed by atoms with E-state index in [0.29, 0.717) is 6.42 Å². The van der Waals surface area contributed by atoms with Crippen LogP contribution in [0.4, 0.5) is 0 Å². The van der Waals surface area contributed by atoms with E-state index in [1.54, 1.807) is 0 Å². The molecular formula is C14H20O3. The maximum atomic E-state index is 10.8. The van der Waals surface area contributed by atoms with Gasteiger partial charge in [0.1, 0.15) is 0 Å². The normalized spacial score (nSPS) is 14.2. The molecule has 0 fully saturated rings. The Balaban J connectivity index is 2.52. The summed E-state index contributed by atoms with van der Waals surface area (Å²) in [6.07, 6.45) is 1.93. The number of hydrogen-bond donors (Lipinski definition) is 2. The Hall–Kier alpha value is -1.35. The van der Waals surface area contributed by atoms with Gasteiger partial charge in [0.15, 0.2) is 6.10 Å². The average molecular weight is 236 g/mol. The summed E-state index contributed by atoms with van der Waals surface area (Å²) < 4.78 is 0. The molecule has 0 radical (unpaired) electrons. The maximum absolute atomic E-state index is 10.8. The van der Waals surface area contributed by atoms with E-state index in [-0.39, 0.29) is 5.92 Å². The first kappa shape index (κ1) is 13.7. The molecule has 2 atom stereocenters. The first-order valence-corrected chi connectivity index (χ1v) is 6.10. The molecule has 0 aliphatic rings. The molecule has 0 amide bonds. The van der Waals surface area contributed by atoms with Gasteiger partial charge in [-0.1, -0.05) is 43.7 Å². The summed E-state index contributed by atoms with van der Waals surface area (Å²) in [7, 11) is 0. The first-order chi connectivity index (χ1) is 8.15. The van der Waals surface area contributed by atoms with Crippen LogP contribution in [0, 0.1) is 5.92 Å². The zero-order chi connectivity index (χ0) is 12.7. The summed E-state index contributed by atoms with van der Waals surface area (Å²) in [6.45, 7) is 2.00. The molecule has 1 aromatic carbocycles. The third kappa shape index (κ3) is 4.57. The Labute approximate surface area is 102 Å². The van der Waals surface area contributed by atoms with Gasteiger partial charge in [-0.2, -0.15) is 0 Å².